The van der Waals surface area contributed by atoms with E-state index in [9.17, 15) is 14.4 Å². The van der Waals surface area contributed by atoms with E-state index in [1.54, 1.807) is 13.8 Å². The highest BCUT2D eigenvalue weighted by Crippen LogP contribution is 2.18. The van der Waals surface area contributed by atoms with Crippen LogP contribution in [0.2, 0.25) is 0 Å². The van der Waals surface area contributed by atoms with Crippen LogP contribution in [0.15, 0.2) is 0 Å². The molecule has 1 aliphatic heterocycles. The van der Waals surface area contributed by atoms with Crippen LogP contribution in [-0.4, -0.2) is 48.5 Å². The van der Waals surface area contributed by atoms with E-state index in [0.29, 0.717) is 13.0 Å². The summed E-state index contributed by atoms with van der Waals surface area (Å²) in [6.45, 7) is 4.13. The van der Waals surface area contributed by atoms with E-state index < -0.39 is 23.9 Å². The van der Waals surface area contributed by atoms with E-state index in [1.165, 1.54) is 4.90 Å². The van der Waals surface area contributed by atoms with E-state index in [1.807, 2.05) is 0 Å². The predicted molar refractivity (Wildman–Crippen MR) is 62.6 cm³/mol. The van der Waals surface area contributed by atoms with Gasteiger partial charge in [0.2, 0.25) is 0 Å². The summed E-state index contributed by atoms with van der Waals surface area (Å²) < 4.78 is 9.58. The minimum absolute atomic E-state index is 0.141. The SMILES string of the molecule is CCOC(=O)C(=O)N1CCCCC1C(=O)OCC. The topological polar surface area (TPSA) is 72.9 Å². The first-order valence-electron chi connectivity index (χ1n) is 6.26. The highest BCUT2D eigenvalue weighted by molar-refractivity contribution is 6.32. The molecule has 0 saturated carbocycles. The molecule has 1 fully saturated rings. The minimum Gasteiger partial charge on any atom is -0.464 e. The molecule has 102 valence electrons. The molecule has 6 heteroatoms. The zero-order valence-corrected chi connectivity index (χ0v) is 10.8. The van der Waals surface area contributed by atoms with Crippen LogP contribution < -0.4 is 0 Å². The van der Waals surface area contributed by atoms with Gasteiger partial charge < -0.3 is 14.4 Å². The maximum Gasteiger partial charge on any atom is 0.397 e. The number of amides is 1. The Hall–Kier alpha value is -1.59. The Morgan fingerprint density at radius 2 is 1.78 bits per heavy atom. The van der Waals surface area contributed by atoms with E-state index in [-0.39, 0.29) is 13.2 Å². The zero-order valence-electron chi connectivity index (χ0n) is 10.8. The molecule has 0 aromatic heterocycles. The fourth-order valence-electron chi connectivity index (χ4n) is 1.97. The van der Waals surface area contributed by atoms with Gasteiger partial charge in [0.05, 0.1) is 13.2 Å². The summed E-state index contributed by atoms with van der Waals surface area (Å²) in [4.78, 5) is 36.2. The Labute approximate surface area is 106 Å². The van der Waals surface area contributed by atoms with Gasteiger partial charge in [-0.25, -0.2) is 9.59 Å². The van der Waals surface area contributed by atoms with E-state index in [2.05, 4.69) is 4.74 Å². The number of nitrogens with zero attached hydrogens (tertiary/aromatic N) is 1. The van der Waals surface area contributed by atoms with Gasteiger partial charge in [0.15, 0.2) is 0 Å². The van der Waals surface area contributed by atoms with Crippen molar-refractivity contribution in [1.29, 1.82) is 0 Å². The van der Waals surface area contributed by atoms with Crippen LogP contribution in [0.3, 0.4) is 0 Å². The third kappa shape index (κ3) is 3.45. The molecule has 1 atom stereocenters. The van der Waals surface area contributed by atoms with Gasteiger partial charge in [-0.15, -0.1) is 0 Å². The average molecular weight is 257 g/mol. The quantitative estimate of drug-likeness (QED) is 0.543. The maximum atomic E-state index is 11.9. The monoisotopic (exact) mass is 257 g/mol. The fourth-order valence-corrected chi connectivity index (χ4v) is 1.97. The highest BCUT2D eigenvalue weighted by Gasteiger charge is 2.36. The predicted octanol–water partition coefficient (Wildman–Crippen LogP) is 0.494. The number of ether oxygens (including phenoxy) is 2. The molecule has 0 bridgehead atoms. The van der Waals surface area contributed by atoms with Gasteiger partial charge in [-0.2, -0.15) is 0 Å². The normalized spacial score (nSPS) is 19.2. The van der Waals surface area contributed by atoms with Crippen molar-refractivity contribution in [2.75, 3.05) is 19.8 Å². The Morgan fingerprint density at radius 1 is 1.11 bits per heavy atom. The lowest BCUT2D eigenvalue weighted by molar-refractivity contribution is -0.166. The van der Waals surface area contributed by atoms with Crippen molar-refractivity contribution < 1.29 is 23.9 Å². The Kier molecular flexibility index (Phi) is 5.61. The van der Waals surface area contributed by atoms with Crippen molar-refractivity contribution in [1.82, 2.24) is 4.90 Å². The smallest absolute Gasteiger partial charge is 0.397 e. The van der Waals surface area contributed by atoms with Crippen molar-refractivity contribution >= 4 is 17.8 Å². The molecule has 0 radical (unpaired) electrons. The summed E-state index contributed by atoms with van der Waals surface area (Å²) >= 11 is 0. The molecule has 0 N–H and O–H groups in total. The van der Waals surface area contributed by atoms with E-state index in [0.717, 1.165) is 12.8 Å². The van der Waals surface area contributed by atoms with Gasteiger partial charge in [-0.05, 0) is 33.1 Å². The van der Waals surface area contributed by atoms with E-state index in [4.69, 9.17) is 4.74 Å². The molecule has 18 heavy (non-hydrogen) atoms. The van der Waals surface area contributed by atoms with Crippen molar-refractivity contribution in [2.24, 2.45) is 0 Å². The summed E-state index contributed by atoms with van der Waals surface area (Å²) in [5, 5.41) is 0. The molecule has 0 aromatic carbocycles. The van der Waals surface area contributed by atoms with Gasteiger partial charge in [0.25, 0.3) is 0 Å². The first-order valence-corrected chi connectivity index (χ1v) is 6.26. The molecule has 1 saturated heterocycles. The first-order chi connectivity index (χ1) is 8.61. The molecular formula is C12H19NO5. The minimum atomic E-state index is -0.909. The molecule has 1 aliphatic rings. The molecule has 6 nitrogen and oxygen atoms in total. The van der Waals surface area contributed by atoms with Gasteiger partial charge in [0.1, 0.15) is 6.04 Å². The second-order valence-electron chi connectivity index (χ2n) is 3.98. The summed E-state index contributed by atoms with van der Waals surface area (Å²) in [5.74, 6) is -2.11. The molecule has 0 aliphatic carbocycles. The Balaban J connectivity index is 2.72. The van der Waals surface area contributed by atoms with Crippen LogP contribution in [-0.2, 0) is 23.9 Å². The maximum absolute atomic E-state index is 11.9. The van der Waals surface area contributed by atoms with Gasteiger partial charge >= 0.3 is 17.8 Å². The number of likely N-dealkylation sites (tertiary alicyclic amines) is 1. The Morgan fingerprint density at radius 3 is 2.39 bits per heavy atom. The lowest BCUT2D eigenvalue weighted by atomic mass is 10.0. The standard InChI is InChI=1S/C12H19NO5/c1-3-17-11(15)9-7-5-6-8-13(9)10(14)12(16)18-4-2/h9H,3-8H2,1-2H3. The van der Waals surface area contributed by atoms with Crippen molar-refractivity contribution in [2.45, 2.75) is 39.2 Å². The molecule has 1 heterocycles. The van der Waals surface area contributed by atoms with Crippen LogP contribution >= 0.6 is 0 Å². The summed E-state index contributed by atoms with van der Waals surface area (Å²) in [7, 11) is 0. The zero-order chi connectivity index (χ0) is 13.5. The molecule has 0 spiro atoms. The average Bonchev–Trinajstić information content (AvgIpc) is 2.38. The Bertz CT molecular complexity index is 328. The molecule has 1 amide bonds. The second-order valence-corrected chi connectivity index (χ2v) is 3.98. The third-order valence-electron chi connectivity index (χ3n) is 2.77. The first kappa shape index (κ1) is 14.5. The lowest BCUT2D eigenvalue weighted by Crippen LogP contribution is -2.51. The van der Waals surface area contributed by atoms with Crippen LogP contribution in [0.5, 0.6) is 0 Å². The number of carbonyl (C=O) groups is 3. The van der Waals surface area contributed by atoms with Crippen molar-refractivity contribution in [3.8, 4) is 0 Å². The van der Waals surface area contributed by atoms with Crippen LogP contribution in [0, 0.1) is 0 Å². The van der Waals surface area contributed by atoms with Crippen LogP contribution in [0.25, 0.3) is 0 Å². The van der Waals surface area contributed by atoms with Crippen molar-refractivity contribution in [3.05, 3.63) is 0 Å². The van der Waals surface area contributed by atoms with Gasteiger partial charge in [-0.1, -0.05) is 0 Å². The molecule has 1 unspecified atom stereocenters. The second kappa shape index (κ2) is 6.98. The van der Waals surface area contributed by atoms with Crippen LogP contribution in [0.4, 0.5) is 0 Å². The molecular weight excluding hydrogens is 238 g/mol. The van der Waals surface area contributed by atoms with Crippen LogP contribution in [0.1, 0.15) is 33.1 Å². The van der Waals surface area contributed by atoms with Crippen molar-refractivity contribution in [3.63, 3.8) is 0 Å². The number of rotatable bonds is 3. The number of hydrogen-bond acceptors (Lipinski definition) is 5. The van der Waals surface area contributed by atoms with Gasteiger partial charge in [0, 0.05) is 6.54 Å². The number of hydrogen-bond donors (Lipinski definition) is 0. The van der Waals surface area contributed by atoms with E-state index >= 15 is 0 Å². The summed E-state index contributed by atoms with van der Waals surface area (Å²) in [6.07, 6.45) is 2.15. The molecule has 0 aromatic rings. The van der Waals surface area contributed by atoms with Gasteiger partial charge in [-0.3, -0.25) is 4.79 Å². The number of piperidine rings is 1. The lowest BCUT2D eigenvalue weighted by Gasteiger charge is -2.33. The fraction of sp³-hybridized carbons (Fsp3) is 0.750. The molecule has 1 rings (SSSR count). The third-order valence-corrected chi connectivity index (χ3v) is 2.77. The summed E-state index contributed by atoms with van der Waals surface area (Å²) in [5.41, 5.74) is 0. The summed E-state index contributed by atoms with van der Waals surface area (Å²) in [6, 6.07) is -0.657. The number of esters is 2. The number of carbonyl (C=O) groups excluding carboxylic acids is 3. The largest absolute Gasteiger partial charge is 0.464 e. The highest BCUT2D eigenvalue weighted by atomic mass is 16.5.